The molecule has 5 nitrogen and oxygen atoms in total. The summed E-state index contributed by atoms with van der Waals surface area (Å²) in [6.07, 6.45) is 3.39. The van der Waals surface area contributed by atoms with Gasteiger partial charge in [0.15, 0.2) is 5.82 Å². The Kier molecular flexibility index (Phi) is 1.83. The van der Waals surface area contributed by atoms with Crippen LogP contribution in [0.1, 0.15) is 5.56 Å². The topological polar surface area (TPSA) is 76.2 Å². The first-order valence-electron chi connectivity index (χ1n) is 4.85. The van der Waals surface area contributed by atoms with Gasteiger partial charge in [-0.25, -0.2) is 4.98 Å². The van der Waals surface area contributed by atoms with Gasteiger partial charge in [0.25, 0.3) is 0 Å². The highest BCUT2D eigenvalue weighted by Crippen LogP contribution is 2.29. The van der Waals surface area contributed by atoms with E-state index >= 15 is 0 Å². The van der Waals surface area contributed by atoms with E-state index in [2.05, 4.69) is 20.3 Å². The zero-order valence-corrected chi connectivity index (χ0v) is 8.38. The third-order valence-electron chi connectivity index (χ3n) is 2.34. The van der Waals surface area contributed by atoms with Gasteiger partial charge < -0.3 is 11.1 Å². The summed E-state index contributed by atoms with van der Waals surface area (Å²) in [4.78, 5) is 12.3. The lowest BCUT2D eigenvalue weighted by molar-refractivity contribution is 1.18. The molecule has 16 heavy (non-hydrogen) atoms. The number of hydrogen-bond donors (Lipinski definition) is 2. The molecule has 0 saturated heterocycles. The fourth-order valence-corrected chi connectivity index (χ4v) is 1.57. The van der Waals surface area contributed by atoms with Crippen LogP contribution in [0.4, 0.5) is 23.1 Å². The van der Waals surface area contributed by atoms with Crippen LogP contribution in [0.3, 0.4) is 0 Å². The Balaban J connectivity index is 2.18. The van der Waals surface area contributed by atoms with Gasteiger partial charge in [-0.05, 0) is 6.07 Å². The van der Waals surface area contributed by atoms with Crippen LogP contribution in [0.25, 0.3) is 0 Å². The van der Waals surface area contributed by atoms with Crippen molar-refractivity contribution >= 4 is 29.4 Å². The van der Waals surface area contributed by atoms with Crippen molar-refractivity contribution < 1.29 is 0 Å². The number of nitrogens with zero attached hydrogens (tertiary/aromatic N) is 3. The van der Waals surface area contributed by atoms with Gasteiger partial charge in [-0.1, -0.05) is 18.2 Å². The third-order valence-corrected chi connectivity index (χ3v) is 2.34. The molecule has 0 radical (unpaired) electrons. The molecule has 3 N–H and O–H groups in total. The first kappa shape index (κ1) is 8.84. The minimum absolute atomic E-state index is 0.237. The normalized spacial score (nSPS) is 12.2. The number of anilines is 3. The molecule has 1 aliphatic rings. The van der Waals surface area contributed by atoms with Gasteiger partial charge in [-0.2, -0.15) is 4.98 Å². The number of hydrogen-bond acceptors (Lipinski definition) is 5. The highest BCUT2D eigenvalue weighted by molar-refractivity contribution is 5.94. The van der Waals surface area contributed by atoms with Crippen molar-refractivity contribution in [2.75, 3.05) is 11.1 Å². The van der Waals surface area contributed by atoms with Crippen molar-refractivity contribution in [2.45, 2.75) is 0 Å². The second kappa shape index (κ2) is 3.30. The van der Waals surface area contributed by atoms with Crippen LogP contribution in [-0.2, 0) is 0 Å². The maximum Gasteiger partial charge on any atom is 0.222 e. The Morgan fingerprint density at radius 2 is 2.06 bits per heavy atom. The lowest BCUT2D eigenvalue weighted by Gasteiger charge is -2.07. The molecule has 5 heteroatoms. The fourth-order valence-electron chi connectivity index (χ4n) is 1.57. The largest absolute Gasteiger partial charge is 0.368 e. The number of nitrogens with two attached hydrogens (primary N) is 1. The third kappa shape index (κ3) is 1.38. The summed E-state index contributed by atoms with van der Waals surface area (Å²) in [5.74, 6) is 0.870. The van der Waals surface area contributed by atoms with Crippen LogP contribution in [0.5, 0.6) is 0 Å². The Morgan fingerprint density at radius 3 is 3.00 bits per heavy atom. The average molecular weight is 211 g/mol. The van der Waals surface area contributed by atoms with Crippen molar-refractivity contribution in [2.24, 2.45) is 4.99 Å². The highest BCUT2D eigenvalue weighted by Gasteiger charge is 2.10. The molecule has 0 fully saturated rings. The van der Waals surface area contributed by atoms with Crippen LogP contribution in [0, 0.1) is 0 Å². The van der Waals surface area contributed by atoms with Crippen LogP contribution in [0.2, 0.25) is 0 Å². The molecule has 0 amide bonds. The number of fused-ring (bicyclic) bond motifs is 2. The van der Waals surface area contributed by atoms with Crippen molar-refractivity contribution in [3.05, 3.63) is 36.0 Å². The van der Waals surface area contributed by atoms with E-state index in [1.807, 2.05) is 24.3 Å². The van der Waals surface area contributed by atoms with Gasteiger partial charge in [0.1, 0.15) is 5.69 Å². The molecule has 2 heterocycles. The lowest BCUT2D eigenvalue weighted by atomic mass is 10.2. The van der Waals surface area contributed by atoms with Crippen molar-refractivity contribution in [1.82, 2.24) is 9.97 Å². The van der Waals surface area contributed by atoms with E-state index in [1.54, 1.807) is 12.4 Å². The molecule has 0 aliphatic carbocycles. The van der Waals surface area contributed by atoms with Gasteiger partial charge in [-0.15, -0.1) is 0 Å². The predicted molar refractivity (Wildman–Crippen MR) is 63.4 cm³/mol. The van der Waals surface area contributed by atoms with Crippen LogP contribution < -0.4 is 11.1 Å². The van der Waals surface area contributed by atoms with E-state index in [9.17, 15) is 0 Å². The van der Waals surface area contributed by atoms with Gasteiger partial charge in [0.2, 0.25) is 5.95 Å². The second-order valence-electron chi connectivity index (χ2n) is 3.43. The number of nitrogen functional groups attached to an aromatic ring is 1. The molecule has 2 aromatic rings. The van der Waals surface area contributed by atoms with Crippen molar-refractivity contribution in [3.8, 4) is 0 Å². The maximum absolute atomic E-state index is 5.54. The van der Waals surface area contributed by atoms with Gasteiger partial charge in [-0.3, -0.25) is 4.99 Å². The van der Waals surface area contributed by atoms with E-state index in [1.165, 1.54) is 0 Å². The fraction of sp³-hybridized carbons (Fsp3) is 0. The number of nitrogens with one attached hydrogen (secondary N) is 1. The molecular weight excluding hydrogens is 202 g/mol. The standard InChI is InChI=1S/C11H9N5/c12-11-14-6-9-10(16-11)15-8-4-2-1-3-7(8)5-13-9/h1-6H,(H3,12,14,15,16). The minimum atomic E-state index is 0.237. The Morgan fingerprint density at radius 1 is 1.19 bits per heavy atom. The van der Waals surface area contributed by atoms with Crippen molar-refractivity contribution in [3.63, 3.8) is 0 Å². The molecule has 78 valence electrons. The van der Waals surface area contributed by atoms with Crippen LogP contribution in [0.15, 0.2) is 35.5 Å². The minimum Gasteiger partial charge on any atom is -0.368 e. The SMILES string of the molecule is Nc1ncc2c(n1)Nc1ccccc1C=N2. The molecular formula is C11H9N5. The highest BCUT2D eigenvalue weighted by atomic mass is 15.1. The quantitative estimate of drug-likeness (QED) is 0.595. The molecule has 0 spiro atoms. The van der Waals surface area contributed by atoms with E-state index < -0.39 is 0 Å². The van der Waals surface area contributed by atoms with E-state index in [4.69, 9.17) is 5.73 Å². The summed E-state index contributed by atoms with van der Waals surface area (Å²) < 4.78 is 0. The Bertz CT molecular complexity index is 576. The first-order valence-corrected chi connectivity index (χ1v) is 4.85. The van der Waals surface area contributed by atoms with Gasteiger partial charge in [0.05, 0.1) is 6.20 Å². The maximum atomic E-state index is 5.54. The van der Waals surface area contributed by atoms with E-state index in [-0.39, 0.29) is 5.95 Å². The molecule has 1 aromatic heterocycles. The predicted octanol–water partition coefficient (Wildman–Crippen LogP) is 1.87. The Hall–Kier alpha value is -2.43. The van der Waals surface area contributed by atoms with Crippen LogP contribution in [-0.4, -0.2) is 16.2 Å². The second-order valence-corrected chi connectivity index (χ2v) is 3.43. The number of aliphatic imine (C=N–C) groups is 1. The number of benzene rings is 1. The summed E-state index contributed by atoms with van der Waals surface area (Å²) in [5.41, 5.74) is 8.20. The van der Waals surface area contributed by atoms with E-state index in [0.29, 0.717) is 11.5 Å². The van der Waals surface area contributed by atoms with Crippen molar-refractivity contribution in [1.29, 1.82) is 0 Å². The van der Waals surface area contributed by atoms with Gasteiger partial charge >= 0.3 is 0 Å². The molecule has 3 rings (SSSR count). The summed E-state index contributed by atoms with van der Waals surface area (Å²) in [6, 6.07) is 7.86. The molecule has 0 atom stereocenters. The summed E-state index contributed by atoms with van der Waals surface area (Å²) >= 11 is 0. The number of rotatable bonds is 0. The molecule has 0 bridgehead atoms. The average Bonchev–Trinajstić information content (AvgIpc) is 2.47. The summed E-state index contributed by atoms with van der Waals surface area (Å²) in [7, 11) is 0. The zero-order valence-electron chi connectivity index (χ0n) is 8.38. The smallest absolute Gasteiger partial charge is 0.222 e. The molecule has 0 saturated carbocycles. The van der Waals surface area contributed by atoms with E-state index in [0.717, 1.165) is 11.3 Å². The lowest BCUT2D eigenvalue weighted by Crippen LogP contribution is -1.99. The molecule has 0 unspecified atom stereocenters. The Labute approximate surface area is 92.1 Å². The number of aromatic nitrogens is 2. The summed E-state index contributed by atoms with van der Waals surface area (Å²) in [6.45, 7) is 0. The number of para-hydroxylation sites is 1. The molecule has 1 aromatic carbocycles. The van der Waals surface area contributed by atoms with Crippen LogP contribution >= 0.6 is 0 Å². The van der Waals surface area contributed by atoms with Gasteiger partial charge in [0, 0.05) is 17.5 Å². The molecule has 1 aliphatic heterocycles. The first-order chi connectivity index (χ1) is 7.83. The summed E-state index contributed by atoms with van der Waals surface area (Å²) in [5, 5.41) is 3.19. The zero-order chi connectivity index (χ0) is 11.0. The monoisotopic (exact) mass is 211 g/mol.